The lowest BCUT2D eigenvalue weighted by molar-refractivity contribution is -0.123. The van der Waals surface area contributed by atoms with E-state index in [-0.39, 0.29) is 11.3 Å². The van der Waals surface area contributed by atoms with Crippen molar-refractivity contribution in [3.8, 4) is 5.69 Å². The minimum absolute atomic E-state index is 0.0681. The van der Waals surface area contributed by atoms with E-state index in [0.717, 1.165) is 0 Å². The van der Waals surface area contributed by atoms with Gasteiger partial charge >= 0.3 is 5.97 Å². The maximum atomic E-state index is 12.5. The van der Waals surface area contributed by atoms with Gasteiger partial charge in [0.1, 0.15) is 6.33 Å². The van der Waals surface area contributed by atoms with E-state index in [1.54, 1.807) is 48.5 Å². The molecule has 0 aliphatic heterocycles. The van der Waals surface area contributed by atoms with E-state index in [1.807, 2.05) is 0 Å². The standard InChI is InChI=1S/C19H17N5O4/c1-12(25)14-7-9-15(10-8-14)21-18(26)13(2)28-19(27)16-5-3-4-6-17(16)24-11-20-22-23-24/h3-11,13H,1-2H3,(H,21,26). The molecule has 1 N–H and O–H groups in total. The number of nitrogens with one attached hydrogen (secondary N) is 1. The minimum atomic E-state index is -1.04. The van der Waals surface area contributed by atoms with Crippen LogP contribution in [0.25, 0.3) is 5.69 Å². The van der Waals surface area contributed by atoms with Gasteiger partial charge in [0.15, 0.2) is 11.9 Å². The zero-order valence-electron chi connectivity index (χ0n) is 15.2. The largest absolute Gasteiger partial charge is 0.449 e. The van der Waals surface area contributed by atoms with Crippen LogP contribution in [0.4, 0.5) is 5.69 Å². The van der Waals surface area contributed by atoms with Gasteiger partial charge in [0, 0.05) is 11.3 Å². The van der Waals surface area contributed by atoms with Gasteiger partial charge in [0.05, 0.1) is 11.3 Å². The first-order valence-corrected chi connectivity index (χ1v) is 8.41. The van der Waals surface area contributed by atoms with Crippen LogP contribution < -0.4 is 5.32 Å². The first-order valence-electron chi connectivity index (χ1n) is 8.41. The monoisotopic (exact) mass is 379 g/mol. The molecule has 0 spiro atoms. The number of carbonyl (C=O) groups is 3. The van der Waals surface area contributed by atoms with E-state index in [9.17, 15) is 14.4 Å². The summed E-state index contributed by atoms with van der Waals surface area (Å²) in [7, 11) is 0. The average Bonchev–Trinajstić information content (AvgIpc) is 3.23. The highest BCUT2D eigenvalue weighted by atomic mass is 16.5. The van der Waals surface area contributed by atoms with E-state index in [4.69, 9.17) is 4.74 Å². The molecule has 28 heavy (non-hydrogen) atoms. The number of hydrogen-bond acceptors (Lipinski definition) is 7. The number of aromatic nitrogens is 4. The SMILES string of the molecule is CC(=O)c1ccc(NC(=O)C(C)OC(=O)c2ccccc2-n2cnnn2)cc1. The number of ketones is 1. The summed E-state index contributed by atoms with van der Waals surface area (Å²) in [6.45, 7) is 2.93. The van der Waals surface area contributed by atoms with Crippen molar-refractivity contribution in [1.82, 2.24) is 20.2 Å². The molecular formula is C19H17N5O4. The molecule has 3 aromatic rings. The molecule has 1 aromatic heterocycles. The lowest BCUT2D eigenvalue weighted by Crippen LogP contribution is -2.30. The number of ether oxygens (including phenoxy) is 1. The summed E-state index contributed by atoms with van der Waals surface area (Å²) in [6.07, 6.45) is 0.314. The smallest absolute Gasteiger partial charge is 0.341 e. The van der Waals surface area contributed by atoms with Crippen molar-refractivity contribution in [2.75, 3.05) is 5.32 Å². The van der Waals surface area contributed by atoms with Crippen LogP contribution in [0.5, 0.6) is 0 Å². The Bertz CT molecular complexity index is 999. The van der Waals surface area contributed by atoms with Crippen molar-refractivity contribution >= 4 is 23.3 Å². The van der Waals surface area contributed by atoms with Crippen LogP contribution in [0.3, 0.4) is 0 Å². The zero-order valence-corrected chi connectivity index (χ0v) is 15.2. The van der Waals surface area contributed by atoms with Gasteiger partial charge in [0.25, 0.3) is 5.91 Å². The summed E-state index contributed by atoms with van der Waals surface area (Å²) in [6, 6.07) is 13.1. The van der Waals surface area contributed by atoms with Gasteiger partial charge in [-0.1, -0.05) is 12.1 Å². The number of carbonyl (C=O) groups excluding carboxylic acids is 3. The number of benzene rings is 2. The zero-order chi connectivity index (χ0) is 20.1. The molecule has 0 fully saturated rings. The summed E-state index contributed by atoms with van der Waals surface area (Å²) in [5.74, 6) is -1.24. The van der Waals surface area contributed by atoms with Gasteiger partial charge < -0.3 is 10.1 Å². The van der Waals surface area contributed by atoms with Crippen LogP contribution in [-0.2, 0) is 9.53 Å². The molecule has 0 radical (unpaired) electrons. The number of nitrogens with zero attached hydrogens (tertiary/aromatic N) is 4. The Morgan fingerprint density at radius 1 is 1.07 bits per heavy atom. The number of hydrogen-bond donors (Lipinski definition) is 1. The fraction of sp³-hybridized carbons (Fsp3) is 0.158. The molecule has 1 heterocycles. The quantitative estimate of drug-likeness (QED) is 0.515. The molecule has 1 unspecified atom stereocenters. The van der Waals surface area contributed by atoms with Gasteiger partial charge in [-0.2, -0.15) is 4.68 Å². The van der Waals surface area contributed by atoms with Crippen molar-refractivity contribution in [2.45, 2.75) is 20.0 Å². The summed E-state index contributed by atoms with van der Waals surface area (Å²) >= 11 is 0. The van der Waals surface area contributed by atoms with Crippen molar-refractivity contribution in [2.24, 2.45) is 0 Å². The maximum absolute atomic E-state index is 12.5. The van der Waals surface area contributed by atoms with E-state index in [2.05, 4.69) is 20.8 Å². The summed E-state index contributed by atoms with van der Waals surface area (Å²) in [5.41, 5.74) is 1.69. The molecule has 0 aliphatic rings. The van der Waals surface area contributed by atoms with E-state index < -0.39 is 18.0 Å². The Balaban J connectivity index is 1.67. The number of anilines is 1. The highest BCUT2D eigenvalue weighted by Crippen LogP contribution is 2.16. The molecule has 1 amide bonds. The van der Waals surface area contributed by atoms with Gasteiger partial charge in [-0.25, -0.2) is 4.79 Å². The molecule has 0 bridgehead atoms. The van der Waals surface area contributed by atoms with Gasteiger partial charge in [0.2, 0.25) is 0 Å². The number of para-hydroxylation sites is 1. The van der Waals surface area contributed by atoms with Gasteiger partial charge in [-0.3, -0.25) is 9.59 Å². The third-order valence-electron chi connectivity index (χ3n) is 3.93. The summed E-state index contributed by atoms with van der Waals surface area (Å²) in [4.78, 5) is 36.1. The van der Waals surface area contributed by atoms with Crippen molar-refractivity contribution < 1.29 is 19.1 Å². The van der Waals surface area contributed by atoms with E-state index in [1.165, 1.54) is 24.9 Å². The van der Waals surface area contributed by atoms with Crippen LogP contribution in [0.15, 0.2) is 54.9 Å². The van der Waals surface area contributed by atoms with Crippen LogP contribution in [0.1, 0.15) is 34.6 Å². The maximum Gasteiger partial charge on any atom is 0.341 e. The summed E-state index contributed by atoms with van der Waals surface area (Å²) < 4.78 is 6.62. The molecule has 0 saturated carbocycles. The third kappa shape index (κ3) is 4.26. The number of tetrazole rings is 1. The first kappa shape index (κ1) is 18.9. The molecule has 2 aromatic carbocycles. The molecule has 3 rings (SSSR count). The average molecular weight is 379 g/mol. The fourth-order valence-corrected chi connectivity index (χ4v) is 2.43. The van der Waals surface area contributed by atoms with Crippen LogP contribution >= 0.6 is 0 Å². The number of esters is 1. The van der Waals surface area contributed by atoms with Crippen LogP contribution in [0.2, 0.25) is 0 Å². The molecule has 1 atom stereocenters. The predicted octanol–water partition coefficient (Wildman–Crippen LogP) is 2.05. The molecule has 0 saturated heterocycles. The number of Topliss-reactive ketones (excluding diaryl/α,β-unsaturated/α-hetero) is 1. The normalized spacial score (nSPS) is 11.5. The molecule has 9 nitrogen and oxygen atoms in total. The molecule has 0 aliphatic carbocycles. The molecule has 9 heteroatoms. The molecular weight excluding hydrogens is 362 g/mol. The van der Waals surface area contributed by atoms with Crippen LogP contribution in [-0.4, -0.2) is 44.0 Å². The third-order valence-corrected chi connectivity index (χ3v) is 3.93. The second-order valence-electron chi connectivity index (χ2n) is 5.94. The van der Waals surface area contributed by atoms with Gasteiger partial charge in [-0.05, 0) is 60.7 Å². The molecule has 142 valence electrons. The van der Waals surface area contributed by atoms with Crippen molar-refractivity contribution in [1.29, 1.82) is 0 Å². The number of amides is 1. The lowest BCUT2D eigenvalue weighted by Gasteiger charge is -2.15. The highest BCUT2D eigenvalue weighted by Gasteiger charge is 2.21. The Morgan fingerprint density at radius 2 is 1.79 bits per heavy atom. The Hall–Kier alpha value is -3.88. The Labute approximate surface area is 160 Å². The topological polar surface area (TPSA) is 116 Å². The minimum Gasteiger partial charge on any atom is -0.449 e. The second-order valence-corrected chi connectivity index (χ2v) is 5.94. The van der Waals surface area contributed by atoms with Crippen molar-refractivity contribution in [3.63, 3.8) is 0 Å². The lowest BCUT2D eigenvalue weighted by atomic mass is 10.1. The van der Waals surface area contributed by atoms with E-state index >= 15 is 0 Å². The summed E-state index contributed by atoms with van der Waals surface area (Å²) in [5, 5.41) is 13.5. The Morgan fingerprint density at radius 3 is 2.43 bits per heavy atom. The van der Waals surface area contributed by atoms with Crippen LogP contribution in [0, 0.1) is 0 Å². The van der Waals surface area contributed by atoms with E-state index in [0.29, 0.717) is 16.9 Å². The first-order chi connectivity index (χ1) is 13.5. The Kier molecular flexibility index (Phi) is 5.54. The second kappa shape index (κ2) is 8.21. The van der Waals surface area contributed by atoms with Gasteiger partial charge in [-0.15, -0.1) is 5.10 Å². The van der Waals surface area contributed by atoms with Crippen molar-refractivity contribution in [3.05, 3.63) is 66.0 Å². The predicted molar refractivity (Wildman–Crippen MR) is 99.1 cm³/mol. The number of rotatable bonds is 6. The highest BCUT2D eigenvalue weighted by molar-refractivity contribution is 5.99. The fourth-order valence-electron chi connectivity index (χ4n) is 2.43.